The molecule has 0 saturated carbocycles. The lowest BCUT2D eigenvalue weighted by molar-refractivity contribution is -0.275. The van der Waals surface area contributed by atoms with E-state index in [2.05, 4.69) is 9.52 Å². The molecule has 0 radical (unpaired) electrons. The number of rotatable bonds is 5. The minimum Gasteiger partial charge on any atom is -0.374 e. The van der Waals surface area contributed by atoms with E-state index in [1.165, 1.54) is 24.3 Å². The molecule has 1 unspecified atom stereocenters. The average molecular weight is 521 g/mol. The third kappa shape index (κ3) is 5.05. The zero-order chi connectivity index (χ0) is 24.6. The summed E-state index contributed by atoms with van der Waals surface area (Å²) in [4.78, 5) is 17.5. The summed E-state index contributed by atoms with van der Waals surface area (Å²) in [7, 11) is -2.64. The number of alkyl halides is 3. The molecule has 0 spiro atoms. The second-order valence-corrected chi connectivity index (χ2v) is 11.3. The van der Waals surface area contributed by atoms with Crippen LogP contribution in [0.25, 0.3) is 0 Å². The van der Waals surface area contributed by atoms with E-state index in [0.29, 0.717) is 11.1 Å². The third-order valence-electron chi connectivity index (χ3n) is 5.46. The first kappa shape index (κ1) is 25.5. The highest BCUT2D eigenvalue weighted by Gasteiger charge is 2.62. The molecule has 178 valence electrons. The number of halogens is 5. The molecule has 2 aromatic rings. The molecule has 1 aliphatic heterocycles. The van der Waals surface area contributed by atoms with Gasteiger partial charge in [0.05, 0.1) is 15.4 Å². The predicted octanol–water partition coefficient (Wildman–Crippen LogP) is 6.53. The van der Waals surface area contributed by atoms with Gasteiger partial charge in [0.1, 0.15) is 0 Å². The van der Waals surface area contributed by atoms with Gasteiger partial charge in [0.15, 0.2) is 0 Å². The van der Waals surface area contributed by atoms with E-state index in [9.17, 15) is 22.2 Å². The lowest BCUT2D eigenvalue weighted by atomic mass is 9.86. The lowest BCUT2D eigenvalue weighted by Gasteiger charge is -2.29. The number of carbonyl (C=O) groups excluding carboxylic acids is 1. The topological polar surface area (TPSA) is 68.1 Å². The van der Waals surface area contributed by atoms with E-state index < -0.39 is 33.8 Å². The highest BCUT2D eigenvalue weighted by Crippen LogP contribution is 2.49. The standard InChI is InChI=1S/C22H21Cl2F3N2O3S/c1-4-33(31,5-2)29-20(30)18-7-6-14(8-13(18)3)19-12-21(32-28-19,22(25,26)27)15-9-16(23)11-17(24)10-15/h6-11H,4-5,12H2,1-3H3. The first-order valence-electron chi connectivity index (χ1n) is 10.0. The number of hydrogen-bond acceptors (Lipinski definition) is 4. The van der Waals surface area contributed by atoms with Crippen LogP contribution in [0, 0.1) is 6.92 Å². The maximum Gasteiger partial charge on any atom is 0.435 e. The molecule has 1 aliphatic rings. The van der Waals surface area contributed by atoms with Crippen molar-refractivity contribution in [2.24, 2.45) is 9.52 Å². The average Bonchev–Trinajstić information content (AvgIpc) is 3.20. The first-order chi connectivity index (χ1) is 15.3. The largest absolute Gasteiger partial charge is 0.435 e. The van der Waals surface area contributed by atoms with Gasteiger partial charge in [-0.25, -0.2) is 4.21 Å². The first-order valence-corrected chi connectivity index (χ1v) is 12.6. The number of benzene rings is 2. The van der Waals surface area contributed by atoms with Crippen molar-refractivity contribution in [2.45, 2.75) is 39.0 Å². The van der Waals surface area contributed by atoms with Crippen LogP contribution in [0.4, 0.5) is 13.2 Å². The second-order valence-electron chi connectivity index (χ2n) is 7.56. The summed E-state index contributed by atoms with van der Waals surface area (Å²) in [5.41, 5.74) is -1.92. The highest BCUT2D eigenvalue weighted by atomic mass is 35.5. The van der Waals surface area contributed by atoms with Crippen LogP contribution in [0.1, 0.15) is 47.3 Å². The van der Waals surface area contributed by atoms with Crippen molar-refractivity contribution in [3.05, 3.63) is 68.7 Å². The summed E-state index contributed by atoms with van der Waals surface area (Å²) in [6, 6.07) is 8.05. The molecule has 1 atom stereocenters. The van der Waals surface area contributed by atoms with Crippen LogP contribution in [0.15, 0.2) is 45.9 Å². The van der Waals surface area contributed by atoms with E-state index in [0.717, 1.165) is 12.1 Å². The Labute approximate surface area is 200 Å². The Hall–Kier alpha value is -2.10. The number of carbonyl (C=O) groups is 1. The van der Waals surface area contributed by atoms with Gasteiger partial charge in [-0.2, -0.15) is 17.5 Å². The van der Waals surface area contributed by atoms with E-state index >= 15 is 0 Å². The van der Waals surface area contributed by atoms with Crippen LogP contribution in [-0.2, 0) is 20.2 Å². The Bertz CT molecular complexity index is 1220. The van der Waals surface area contributed by atoms with Crippen LogP contribution in [0.2, 0.25) is 10.0 Å². The van der Waals surface area contributed by atoms with Gasteiger partial charge in [-0.15, -0.1) is 0 Å². The molecule has 1 heterocycles. The Kier molecular flexibility index (Phi) is 7.17. The Balaban J connectivity index is 1.96. The molecule has 3 rings (SSSR count). The molecular formula is C22H21Cl2F3N2O3S. The number of oxime groups is 1. The fraction of sp³-hybridized carbons (Fsp3) is 0.364. The Morgan fingerprint density at radius 2 is 1.76 bits per heavy atom. The number of aryl methyl sites for hydroxylation is 1. The molecule has 0 saturated heterocycles. The SMILES string of the molecule is CCS(=O)(CC)=NC(=O)c1ccc(C2=NOC(c3cc(Cl)cc(Cl)c3)(C(F)(F)F)C2)cc1C. The van der Waals surface area contributed by atoms with Crippen LogP contribution in [0.3, 0.4) is 0 Å². The van der Waals surface area contributed by atoms with Crippen molar-refractivity contribution < 1.29 is 27.0 Å². The van der Waals surface area contributed by atoms with Crippen molar-refractivity contribution in [3.8, 4) is 0 Å². The van der Waals surface area contributed by atoms with Crippen LogP contribution in [-0.4, -0.2) is 33.5 Å². The maximum absolute atomic E-state index is 14.2. The van der Waals surface area contributed by atoms with Gasteiger partial charge in [-0.05, 0) is 48.4 Å². The lowest BCUT2D eigenvalue weighted by Crippen LogP contribution is -2.42. The smallest absolute Gasteiger partial charge is 0.374 e. The molecule has 0 bridgehead atoms. The molecule has 0 N–H and O–H groups in total. The van der Waals surface area contributed by atoms with Gasteiger partial charge in [-0.3, -0.25) is 4.79 Å². The molecule has 0 aromatic heterocycles. The minimum atomic E-state index is -4.81. The Morgan fingerprint density at radius 1 is 1.15 bits per heavy atom. The van der Waals surface area contributed by atoms with Gasteiger partial charge in [0.25, 0.3) is 11.5 Å². The fourth-order valence-corrected chi connectivity index (χ4v) is 5.06. The Morgan fingerprint density at radius 3 is 2.27 bits per heavy atom. The number of nitrogens with zero attached hydrogens (tertiary/aromatic N) is 2. The molecule has 0 aliphatic carbocycles. The van der Waals surface area contributed by atoms with Crippen molar-refractivity contribution in [3.63, 3.8) is 0 Å². The molecule has 0 fully saturated rings. The second kappa shape index (κ2) is 9.27. The third-order valence-corrected chi connectivity index (χ3v) is 8.20. The number of amides is 1. The van der Waals surface area contributed by atoms with Crippen LogP contribution >= 0.6 is 23.2 Å². The highest BCUT2D eigenvalue weighted by molar-refractivity contribution is 7.93. The quantitative estimate of drug-likeness (QED) is 0.449. The predicted molar refractivity (Wildman–Crippen MR) is 124 cm³/mol. The van der Waals surface area contributed by atoms with Crippen molar-refractivity contribution >= 4 is 44.5 Å². The van der Waals surface area contributed by atoms with Gasteiger partial charge in [-0.1, -0.05) is 48.3 Å². The molecule has 2 aromatic carbocycles. The van der Waals surface area contributed by atoms with Crippen LogP contribution < -0.4 is 0 Å². The molecular weight excluding hydrogens is 500 g/mol. The maximum atomic E-state index is 14.2. The number of hydrogen-bond donors (Lipinski definition) is 0. The summed E-state index contributed by atoms with van der Waals surface area (Å²) >= 11 is 11.8. The van der Waals surface area contributed by atoms with Gasteiger partial charge >= 0.3 is 6.18 Å². The summed E-state index contributed by atoms with van der Waals surface area (Å²) in [6.45, 7) is 5.00. The van der Waals surface area contributed by atoms with Crippen molar-refractivity contribution in [2.75, 3.05) is 11.5 Å². The fourth-order valence-electron chi connectivity index (χ4n) is 3.46. The minimum absolute atomic E-state index is 0.0383. The monoisotopic (exact) mass is 520 g/mol. The van der Waals surface area contributed by atoms with Gasteiger partial charge in [0, 0.05) is 39.1 Å². The molecule has 5 nitrogen and oxygen atoms in total. The van der Waals surface area contributed by atoms with E-state index in [-0.39, 0.29) is 38.4 Å². The summed E-state index contributed by atoms with van der Waals surface area (Å²) < 4.78 is 58.8. The van der Waals surface area contributed by atoms with Gasteiger partial charge in [0.2, 0.25) is 0 Å². The van der Waals surface area contributed by atoms with Crippen LogP contribution in [0.5, 0.6) is 0 Å². The van der Waals surface area contributed by atoms with Crippen molar-refractivity contribution in [1.29, 1.82) is 0 Å². The summed E-state index contributed by atoms with van der Waals surface area (Å²) in [5.74, 6) is -0.142. The normalized spacial score (nSPS) is 18.6. The van der Waals surface area contributed by atoms with Crippen molar-refractivity contribution in [1.82, 2.24) is 0 Å². The van der Waals surface area contributed by atoms with E-state index in [1.807, 2.05) is 0 Å². The zero-order valence-corrected chi connectivity index (χ0v) is 20.3. The summed E-state index contributed by atoms with van der Waals surface area (Å²) in [6.07, 6.45) is -5.42. The molecule has 11 heteroatoms. The van der Waals surface area contributed by atoms with E-state index in [4.69, 9.17) is 28.0 Å². The summed E-state index contributed by atoms with van der Waals surface area (Å²) in [5, 5.41) is 3.80. The zero-order valence-electron chi connectivity index (χ0n) is 18.0. The van der Waals surface area contributed by atoms with E-state index in [1.54, 1.807) is 20.8 Å². The van der Waals surface area contributed by atoms with Gasteiger partial charge < -0.3 is 4.84 Å². The molecule has 33 heavy (non-hydrogen) atoms. The molecule has 1 amide bonds.